The molecule has 106 valence electrons. The third kappa shape index (κ3) is 2.80. The van der Waals surface area contributed by atoms with Crippen molar-refractivity contribution in [2.75, 3.05) is 0 Å². The molecular weight excluding hydrogens is 366 g/mol. The van der Waals surface area contributed by atoms with Gasteiger partial charge in [-0.15, -0.1) is 0 Å². The molecular formula is C11H4BrClF3NO3. The molecule has 20 heavy (non-hydrogen) atoms. The smallest absolute Gasteiger partial charge is 0.437 e. The second kappa shape index (κ2) is 5.10. The zero-order valence-corrected chi connectivity index (χ0v) is 11.7. The number of carboxylic acid groups (broad SMARTS) is 1. The van der Waals surface area contributed by atoms with Gasteiger partial charge in [0.15, 0.2) is 5.69 Å². The summed E-state index contributed by atoms with van der Waals surface area (Å²) in [6.45, 7) is 0. The van der Waals surface area contributed by atoms with Crippen LogP contribution in [0.2, 0.25) is 5.02 Å². The minimum absolute atomic E-state index is 0.121. The Bertz CT molecular complexity index is 684. The third-order valence-corrected chi connectivity index (χ3v) is 3.18. The summed E-state index contributed by atoms with van der Waals surface area (Å²) in [4.78, 5) is 14.0. The molecule has 0 aliphatic rings. The standard InChI is InChI=1S/C11H4BrClF3NO3/c12-6-2-1-4(13)3-5(6)9-17-8(11(14,15)16)7(20-9)10(18)19/h1-3H,(H,18,19). The fourth-order valence-corrected chi connectivity index (χ4v) is 2.02. The van der Waals surface area contributed by atoms with Crippen molar-refractivity contribution < 1.29 is 27.5 Å². The van der Waals surface area contributed by atoms with Gasteiger partial charge in [-0.05, 0) is 34.1 Å². The van der Waals surface area contributed by atoms with E-state index in [1.54, 1.807) is 0 Å². The summed E-state index contributed by atoms with van der Waals surface area (Å²) in [6, 6.07) is 4.29. The number of benzene rings is 1. The van der Waals surface area contributed by atoms with E-state index in [1.807, 2.05) is 0 Å². The van der Waals surface area contributed by atoms with Gasteiger partial charge in [0, 0.05) is 9.50 Å². The Morgan fingerprint density at radius 1 is 1.40 bits per heavy atom. The molecule has 1 heterocycles. The summed E-state index contributed by atoms with van der Waals surface area (Å²) in [5.41, 5.74) is -1.47. The van der Waals surface area contributed by atoms with Gasteiger partial charge in [0.1, 0.15) is 0 Å². The highest BCUT2D eigenvalue weighted by molar-refractivity contribution is 9.10. The molecule has 0 saturated carbocycles. The lowest BCUT2D eigenvalue weighted by atomic mass is 10.2. The second-order valence-electron chi connectivity index (χ2n) is 3.62. The summed E-state index contributed by atoms with van der Waals surface area (Å²) in [6.07, 6.45) is -4.93. The van der Waals surface area contributed by atoms with E-state index in [9.17, 15) is 18.0 Å². The van der Waals surface area contributed by atoms with Crippen LogP contribution in [-0.4, -0.2) is 16.1 Å². The van der Waals surface area contributed by atoms with Crippen molar-refractivity contribution in [3.05, 3.63) is 39.1 Å². The van der Waals surface area contributed by atoms with Crippen LogP contribution >= 0.6 is 27.5 Å². The number of hydrogen-bond acceptors (Lipinski definition) is 3. The first-order valence-electron chi connectivity index (χ1n) is 4.97. The zero-order chi connectivity index (χ0) is 15.1. The molecule has 1 aromatic heterocycles. The number of carboxylic acids is 1. The predicted molar refractivity (Wildman–Crippen MR) is 66.6 cm³/mol. The molecule has 2 rings (SSSR count). The molecule has 0 aliphatic carbocycles. The van der Waals surface area contributed by atoms with Crippen LogP contribution < -0.4 is 0 Å². The van der Waals surface area contributed by atoms with Gasteiger partial charge >= 0.3 is 12.1 Å². The number of hydrogen-bond donors (Lipinski definition) is 1. The van der Waals surface area contributed by atoms with Crippen LogP contribution in [0, 0.1) is 0 Å². The Balaban J connectivity index is 2.65. The van der Waals surface area contributed by atoms with Crippen molar-refractivity contribution in [1.82, 2.24) is 4.98 Å². The van der Waals surface area contributed by atoms with Crippen LogP contribution in [0.5, 0.6) is 0 Å². The summed E-state index contributed by atoms with van der Waals surface area (Å²) >= 11 is 8.84. The van der Waals surface area contributed by atoms with Crippen molar-refractivity contribution in [3.8, 4) is 11.5 Å². The molecule has 0 amide bonds. The molecule has 0 fully saturated rings. The van der Waals surface area contributed by atoms with Crippen LogP contribution in [0.25, 0.3) is 11.5 Å². The minimum atomic E-state index is -4.93. The Hall–Kier alpha value is -1.54. The van der Waals surface area contributed by atoms with Gasteiger partial charge < -0.3 is 9.52 Å². The van der Waals surface area contributed by atoms with Crippen molar-refractivity contribution >= 4 is 33.5 Å². The maximum atomic E-state index is 12.7. The molecule has 0 aliphatic heterocycles. The van der Waals surface area contributed by atoms with Crippen LogP contribution in [0.1, 0.15) is 16.2 Å². The predicted octanol–water partition coefficient (Wildman–Crippen LogP) is 4.47. The van der Waals surface area contributed by atoms with Gasteiger partial charge in [-0.1, -0.05) is 11.6 Å². The number of aromatic carboxylic acids is 1. The van der Waals surface area contributed by atoms with E-state index >= 15 is 0 Å². The maximum absolute atomic E-state index is 12.7. The number of halogens is 5. The lowest BCUT2D eigenvalue weighted by molar-refractivity contribution is -0.141. The second-order valence-corrected chi connectivity index (χ2v) is 4.91. The average molecular weight is 371 g/mol. The molecule has 0 spiro atoms. The Morgan fingerprint density at radius 3 is 2.55 bits per heavy atom. The Morgan fingerprint density at radius 2 is 2.05 bits per heavy atom. The lowest BCUT2D eigenvalue weighted by Crippen LogP contribution is -2.11. The molecule has 1 N–H and O–H groups in total. The zero-order valence-electron chi connectivity index (χ0n) is 9.33. The van der Waals surface area contributed by atoms with Gasteiger partial charge in [-0.25, -0.2) is 9.78 Å². The monoisotopic (exact) mass is 369 g/mol. The van der Waals surface area contributed by atoms with E-state index in [2.05, 4.69) is 20.9 Å². The highest BCUT2D eigenvalue weighted by atomic mass is 79.9. The Labute approximate surface area is 123 Å². The van der Waals surface area contributed by atoms with Crippen molar-refractivity contribution in [2.45, 2.75) is 6.18 Å². The quantitative estimate of drug-likeness (QED) is 0.847. The number of oxazole rings is 1. The highest BCUT2D eigenvalue weighted by Gasteiger charge is 2.41. The fraction of sp³-hybridized carbons (Fsp3) is 0.0909. The Kier molecular flexibility index (Phi) is 3.79. The first-order chi connectivity index (χ1) is 9.20. The summed E-state index contributed by atoms with van der Waals surface area (Å²) in [5.74, 6) is -3.60. The van der Waals surface area contributed by atoms with Gasteiger partial charge in [0.25, 0.3) is 0 Å². The van der Waals surface area contributed by atoms with Gasteiger partial charge in [-0.2, -0.15) is 13.2 Å². The van der Waals surface area contributed by atoms with Crippen molar-refractivity contribution in [1.29, 1.82) is 0 Å². The molecule has 0 bridgehead atoms. The van der Waals surface area contributed by atoms with Gasteiger partial charge in [0.2, 0.25) is 11.7 Å². The minimum Gasteiger partial charge on any atom is -0.475 e. The van der Waals surface area contributed by atoms with E-state index in [0.29, 0.717) is 4.47 Å². The molecule has 4 nitrogen and oxygen atoms in total. The number of rotatable bonds is 2. The number of alkyl halides is 3. The molecule has 0 atom stereocenters. The highest BCUT2D eigenvalue weighted by Crippen LogP contribution is 2.37. The molecule has 0 radical (unpaired) electrons. The third-order valence-electron chi connectivity index (χ3n) is 2.25. The van der Waals surface area contributed by atoms with E-state index in [0.717, 1.165) is 0 Å². The van der Waals surface area contributed by atoms with E-state index in [-0.39, 0.29) is 10.6 Å². The first-order valence-corrected chi connectivity index (χ1v) is 6.14. The molecule has 9 heteroatoms. The van der Waals surface area contributed by atoms with Crippen LogP contribution in [-0.2, 0) is 6.18 Å². The lowest BCUT2D eigenvalue weighted by Gasteiger charge is -2.01. The molecule has 2 aromatic rings. The van der Waals surface area contributed by atoms with Crippen molar-refractivity contribution in [2.24, 2.45) is 0 Å². The summed E-state index contributed by atoms with van der Waals surface area (Å²) in [7, 11) is 0. The molecule has 0 saturated heterocycles. The largest absolute Gasteiger partial charge is 0.475 e. The van der Waals surface area contributed by atoms with E-state index in [1.165, 1.54) is 18.2 Å². The SMILES string of the molecule is O=C(O)c1oc(-c2cc(Cl)ccc2Br)nc1C(F)(F)F. The molecule has 1 aromatic carbocycles. The normalized spacial score (nSPS) is 11.7. The summed E-state index contributed by atoms with van der Waals surface area (Å²) < 4.78 is 43.2. The molecule has 0 unspecified atom stereocenters. The topological polar surface area (TPSA) is 63.3 Å². The number of nitrogens with zero attached hydrogens (tertiary/aromatic N) is 1. The van der Waals surface area contributed by atoms with Gasteiger partial charge in [-0.3, -0.25) is 0 Å². The number of carbonyl (C=O) groups is 1. The summed E-state index contributed by atoms with van der Waals surface area (Å²) in [5, 5.41) is 8.98. The van der Waals surface area contributed by atoms with Crippen LogP contribution in [0.15, 0.2) is 27.1 Å². The first kappa shape index (κ1) is 14.9. The average Bonchev–Trinajstić information content (AvgIpc) is 2.77. The fourth-order valence-electron chi connectivity index (χ4n) is 1.43. The van der Waals surface area contributed by atoms with E-state index < -0.39 is 29.5 Å². The van der Waals surface area contributed by atoms with E-state index in [4.69, 9.17) is 21.1 Å². The maximum Gasteiger partial charge on any atom is 0.437 e. The van der Waals surface area contributed by atoms with Crippen molar-refractivity contribution in [3.63, 3.8) is 0 Å². The van der Waals surface area contributed by atoms with Crippen LogP contribution in [0.3, 0.4) is 0 Å². The number of aromatic nitrogens is 1. The van der Waals surface area contributed by atoms with Crippen LogP contribution in [0.4, 0.5) is 13.2 Å². The van der Waals surface area contributed by atoms with Gasteiger partial charge in [0.05, 0.1) is 5.56 Å².